The van der Waals surface area contributed by atoms with Crippen molar-refractivity contribution in [2.45, 2.75) is 0 Å². The van der Waals surface area contributed by atoms with E-state index in [2.05, 4.69) is 425 Å². The van der Waals surface area contributed by atoms with E-state index >= 15 is 0 Å². The standard InChI is InChI=1S/C106H64N8/c1-17-49-81-65(33-1)66-34-2-18-50-82(66)107(81)99-97-98(101(109-85-53-21-5-37-69(85)70-38-6-22-54-86(70)109)104(112-91-59-27-11-43-75(91)76-44-12-28-60-92(76)112)103(99)111-89-57-25-9-41-73(89)74-42-10-26-58-90(74)111)102(110-87-55-23-7-39-71(87)72-40-8-24-56-88(72)110)106(114-95-63-31-15-47-79(95)80-48-16-32-64-96(80)114)105(113-93-61-29-13-45-77(93)78-46-14-30-62-94(78)113)100(97)108-83-51-19-3-35-67(83)68-36-4-20-52-84(68)108/h1-64H. The third-order valence-corrected chi connectivity index (χ3v) is 25.0. The Morgan fingerprint density at radius 3 is 0.263 bits per heavy atom. The van der Waals surface area contributed by atoms with Crippen molar-refractivity contribution in [3.63, 3.8) is 0 Å². The SMILES string of the molecule is c1ccc2c(c1)c1ccccc1n2-c1c(-n2c3ccccc3c3ccccc32)c(-n2c3ccccc3c3ccccc32)c2c(-n3c4ccccc4c4ccccc43)c(-n3c4ccccc4c4ccccc43)c(-n3c4ccccc4c4ccccc43)c(-n3c4ccccc4c4ccccc43)c2c1-n1c2ccccc2c2ccccc21. The molecule has 0 bridgehead atoms. The summed E-state index contributed by atoms with van der Waals surface area (Å²) in [5, 5.41) is 20.4. The molecular weight excluding hydrogens is 1390 g/mol. The summed E-state index contributed by atoms with van der Waals surface area (Å²) in [6.07, 6.45) is 0. The number of hydrogen-bond acceptors (Lipinski definition) is 0. The fourth-order valence-corrected chi connectivity index (χ4v) is 20.6. The molecule has 0 aliphatic carbocycles. The van der Waals surface area contributed by atoms with Crippen LogP contribution in [0.2, 0.25) is 0 Å². The van der Waals surface area contributed by atoms with E-state index in [0.717, 1.165) is 231 Å². The summed E-state index contributed by atoms with van der Waals surface area (Å²) in [4.78, 5) is 0. The average Bonchev–Trinajstić information content (AvgIpc) is 1.40. The van der Waals surface area contributed by atoms with Crippen molar-refractivity contribution in [3.05, 3.63) is 388 Å². The van der Waals surface area contributed by atoms with Gasteiger partial charge in [0.05, 0.1) is 134 Å². The minimum Gasteiger partial charge on any atom is -0.306 e. The molecule has 0 aliphatic heterocycles. The topological polar surface area (TPSA) is 39.4 Å². The predicted molar refractivity (Wildman–Crippen MR) is 479 cm³/mol. The Hall–Kier alpha value is -15.4. The smallest absolute Gasteiger partial charge is 0.0976 e. The lowest BCUT2D eigenvalue weighted by molar-refractivity contribution is 1.01. The van der Waals surface area contributed by atoms with Gasteiger partial charge in [0.1, 0.15) is 0 Å². The first kappa shape index (κ1) is 61.5. The summed E-state index contributed by atoms with van der Waals surface area (Å²) in [5.41, 5.74) is 25.0. The van der Waals surface area contributed by atoms with E-state index in [4.69, 9.17) is 0 Å². The van der Waals surface area contributed by atoms with Crippen LogP contribution in [0.5, 0.6) is 0 Å². The van der Waals surface area contributed by atoms with Crippen LogP contribution in [0.3, 0.4) is 0 Å². The van der Waals surface area contributed by atoms with Crippen LogP contribution in [0.1, 0.15) is 0 Å². The maximum Gasteiger partial charge on any atom is 0.0976 e. The molecule has 528 valence electrons. The van der Waals surface area contributed by atoms with Gasteiger partial charge in [0.15, 0.2) is 0 Å². The molecule has 0 amide bonds. The second-order valence-corrected chi connectivity index (χ2v) is 30.5. The fourth-order valence-electron chi connectivity index (χ4n) is 20.6. The van der Waals surface area contributed by atoms with Gasteiger partial charge in [0, 0.05) is 97.0 Å². The van der Waals surface area contributed by atoms with Crippen molar-refractivity contribution < 1.29 is 0 Å². The first-order valence-electron chi connectivity index (χ1n) is 39.4. The Balaban J connectivity index is 1.13. The third kappa shape index (κ3) is 7.98. The summed E-state index contributed by atoms with van der Waals surface area (Å²) >= 11 is 0. The molecule has 8 heteroatoms. The molecule has 8 aromatic heterocycles. The number of hydrogen-bond donors (Lipinski definition) is 0. The maximum absolute atomic E-state index is 2.71. The summed E-state index contributed by atoms with van der Waals surface area (Å²) < 4.78 is 21.6. The van der Waals surface area contributed by atoms with Crippen LogP contribution in [0.25, 0.3) is 231 Å². The Labute approximate surface area is 651 Å². The molecule has 26 aromatic rings. The van der Waals surface area contributed by atoms with Gasteiger partial charge in [-0.1, -0.05) is 291 Å². The highest BCUT2D eigenvalue weighted by Gasteiger charge is 2.41. The lowest BCUT2D eigenvalue weighted by Crippen LogP contribution is -2.20. The van der Waals surface area contributed by atoms with Gasteiger partial charge in [-0.05, 0) is 97.1 Å². The van der Waals surface area contributed by atoms with Gasteiger partial charge < -0.3 is 36.5 Å². The lowest BCUT2D eigenvalue weighted by atomic mass is 9.93. The number of para-hydroxylation sites is 16. The van der Waals surface area contributed by atoms with E-state index < -0.39 is 0 Å². The van der Waals surface area contributed by atoms with Gasteiger partial charge in [-0.2, -0.15) is 0 Å². The molecule has 0 N–H and O–H groups in total. The van der Waals surface area contributed by atoms with E-state index in [0.29, 0.717) is 0 Å². The average molecular weight is 1450 g/mol. The molecule has 8 heterocycles. The summed E-state index contributed by atoms with van der Waals surface area (Å²) in [6, 6.07) is 147. The zero-order chi connectivity index (χ0) is 74.1. The second kappa shape index (κ2) is 23.1. The first-order valence-corrected chi connectivity index (χ1v) is 39.4. The number of nitrogens with zero attached hydrogens (tertiary/aromatic N) is 8. The van der Waals surface area contributed by atoms with Crippen LogP contribution in [-0.2, 0) is 0 Å². The van der Waals surface area contributed by atoms with Gasteiger partial charge in [-0.15, -0.1) is 0 Å². The molecule has 0 atom stereocenters. The van der Waals surface area contributed by atoms with E-state index in [1.165, 1.54) is 0 Å². The quantitative estimate of drug-likeness (QED) is 0.145. The number of fused-ring (bicyclic) bond motifs is 25. The van der Waals surface area contributed by atoms with Gasteiger partial charge in [-0.25, -0.2) is 0 Å². The van der Waals surface area contributed by atoms with Crippen molar-refractivity contribution in [2.75, 3.05) is 0 Å². The number of benzene rings is 18. The molecule has 8 nitrogen and oxygen atoms in total. The summed E-state index contributed by atoms with van der Waals surface area (Å²) in [5.74, 6) is 0. The minimum absolute atomic E-state index is 0.989. The van der Waals surface area contributed by atoms with Crippen LogP contribution < -0.4 is 0 Å². The summed E-state index contributed by atoms with van der Waals surface area (Å²) in [7, 11) is 0. The largest absolute Gasteiger partial charge is 0.306 e. The Kier molecular flexibility index (Phi) is 12.5. The predicted octanol–water partition coefficient (Wildman–Crippen LogP) is 27.6. The lowest BCUT2D eigenvalue weighted by Gasteiger charge is -2.34. The molecule has 0 spiro atoms. The van der Waals surface area contributed by atoms with Crippen LogP contribution in [0, 0.1) is 0 Å². The highest BCUT2D eigenvalue weighted by atomic mass is 15.2. The molecule has 0 saturated heterocycles. The molecule has 26 rings (SSSR count). The van der Waals surface area contributed by atoms with Crippen LogP contribution in [-0.4, -0.2) is 36.5 Å². The van der Waals surface area contributed by atoms with Crippen LogP contribution in [0.4, 0.5) is 0 Å². The highest BCUT2D eigenvalue weighted by Crippen LogP contribution is 2.59. The molecule has 18 aromatic carbocycles. The number of rotatable bonds is 8. The molecule has 0 fully saturated rings. The first-order chi connectivity index (χ1) is 56.7. The Morgan fingerprint density at radius 2 is 0.167 bits per heavy atom. The van der Waals surface area contributed by atoms with E-state index in [-0.39, 0.29) is 0 Å². The molecule has 0 radical (unpaired) electrons. The minimum atomic E-state index is 0.989. The van der Waals surface area contributed by atoms with Crippen molar-refractivity contribution >= 4 is 185 Å². The van der Waals surface area contributed by atoms with Crippen LogP contribution >= 0.6 is 0 Å². The van der Waals surface area contributed by atoms with E-state index in [1.54, 1.807) is 0 Å². The zero-order valence-electron chi connectivity index (χ0n) is 61.5. The van der Waals surface area contributed by atoms with Gasteiger partial charge in [0.2, 0.25) is 0 Å². The summed E-state index contributed by atoms with van der Waals surface area (Å²) in [6.45, 7) is 0. The molecule has 0 unspecified atom stereocenters. The zero-order valence-corrected chi connectivity index (χ0v) is 61.5. The van der Waals surface area contributed by atoms with E-state index in [9.17, 15) is 0 Å². The normalized spacial score (nSPS) is 12.4. The van der Waals surface area contributed by atoms with E-state index in [1.807, 2.05) is 0 Å². The maximum atomic E-state index is 2.71. The Morgan fingerprint density at radius 1 is 0.0877 bits per heavy atom. The van der Waals surface area contributed by atoms with Gasteiger partial charge >= 0.3 is 0 Å². The van der Waals surface area contributed by atoms with Gasteiger partial charge in [-0.3, -0.25) is 0 Å². The Bertz CT molecular complexity index is 7270. The monoisotopic (exact) mass is 1450 g/mol. The molecule has 0 aliphatic rings. The molecular formula is C106H64N8. The van der Waals surface area contributed by atoms with Crippen molar-refractivity contribution in [2.24, 2.45) is 0 Å². The number of aromatic nitrogens is 8. The third-order valence-electron chi connectivity index (χ3n) is 25.0. The highest BCUT2D eigenvalue weighted by molar-refractivity contribution is 6.28. The van der Waals surface area contributed by atoms with Gasteiger partial charge in [0.25, 0.3) is 0 Å². The van der Waals surface area contributed by atoms with Crippen molar-refractivity contribution in [3.8, 4) is 45.5 Å². The van der Waals surface area contributed by atoms with Crippen molar-refractivity contribution in [1.29, 1.82) is 0 Å². The fraction of sp³-hybridized carbons (Fsp3) is 0. The van der Waals surface area contributed by atoms with Crippen LogP contribution in [0.15, 0.2) is 388 Å². The molecule has 0 saturated carbocycles. The van der Waals surface area contributed by atoms with Crippen molar-refractivity contribution in [1.82, 2.24) is 36.5 Å². The second-order valence-electron chi connectivity index (χ2n) is 30.5. The molecule has 114 heavy (non-hydrogen) atoms.